The topological polar surface area (TPSA) is 80.3 Å². The smallest absolute Gasteiger partial charge is 0.310 e. The van der Waals surface area contributed by atoms with E-state index in [2.05, 4.69) is 0 Å². The predicted octanol–water partition coefficient (Wildman–Crippen LogP) is 3.64. The van der Waals surface area contributed by atoms with Crippen LogP contribution in [0.4, 0.5) is 0 Å². The summed E-state index contributed by atoms with van der Waals surface area (Å²) in [6, 6.07) is 8.10. The van der Waals surface area contributed by atoms with E-state index in [1.54, 1.807) is 37.3 Å². The van der Waals surface area contributed by atoms with Crippen molar-refractivity contribution in [3.8, 4) is 28.7 Å². The van der Waals surface area contributed by atoms with Gasteiger partial charge in [-0.15, -0.1) is 0 Å². The fourth-order valence-electron chi connectivity index (χ4n) is 2.81. The molecule has 146 valence electrons. The zero-order valence-electron chi connectivity index (χ0n) is 16.0. The fraction of sp³-hybridized carbons (Fsp3) is 0.238. The molecule has 0 N–H and O–H groups in total. The average molecular weight is 384 g/mol. The summed E-state index contributed by atoms with van der Waals surface area (Å²) in [6.45, 7) is 1.70. The number of carbonyl (C=O) groups is 2. The van der Waals surface area contributed by atoms with Crippen LogP contribution in [0, 0.1) is 0 Å². The van der Waals surface area contributed by atoms with Crippen LogP contribution in [0.3, 0.4) is 0 Å². The number of ether oxygens (including phenoxy) is 5. The number of rotatable bonds is 6. The summed E-state index contributed by atoms with van der Waals surface area (Å²) < 4.78 is 26.9. The Balaban J connectivity index is 1.96. The zero-order valence-corrected chi connectivity index (χ0v) is 16.0. The summed E-state index contributed by atoms with van der Waals surface area (Å²) in [5.74, 6) is 1.47. The molecule has 2 aromatic carbocycles. The second-order valence-corrected chi connectivity index (χ2v) is 5.85. The highest BCUT2D eigenvalue weighted by Crippen LogP contribution is 2.42. The Morgan fingerprint density at radius 3 is 2.43 bits per heavy atom. The third-order valence-corrected chi connectivity index (χ3v) is 4.18. The van der Waals surface area contributed by atoms with Crippen molar-refractivity contribution < 1.29 is 33.3 Å². The molecule has 2 aromatic rings. The molecule has 0 unspecified atom stereocenters. The van der Waals surface area contributed by atoms with E-state index >= 15 is 0 Å². The molecular weight excluding hydrogens is 364 g/mol. The van der Waals surface area contributed by atoms with Crippen molar-refractivity contribution in [1.29, 1.82) is 0 Å². The molecule has 7 heteroatoms. The van der Waals surface area contributed by atoms with Gasteiger partial charge in [0.1, 0.15) is 11.5 Å². The van der Waals surface area contributed by atoms with E-state index in [0.29, 0.717) is 39.9 Å². The van der Waals surface area contributed by atoms with Gasteiger partial charge in [-0.25, -0.2) is 0 Å². The lowest BCUT2D eigenvalue weighted by molar-refractivity contribution is -0.134. The molecule has 0 amide bonds. The monoisotopic (exact) mass is 384 g/mol. The maximum Gasteiger partial charge on any atom is 0.310 e. The molecular formula is C21H20O7. The van der Waals surface area contributed by atoms with Crippen molar-refractivity contribution in [3.63, 3.8) is 0 Å². The van der Waals surface area contributed by atoms with Crippen LogP contribution < -0.4 is 23.7 Å². The quantitative estimate of drug-likeness (QED) is 0.427. The maximum atomic E-state index is 12.7. The molecule has 1 aliphatic rings. The van der Waals surface area contributed by atoms with Gasteiger partial charge < -0.3 is 23.7 Å². The Morgan fingerprint density at radius 1 is 1.04 bits per heavy atom. The SMILES string of the molecule is CCC(=O)Oc1ccc2c(c1)O/C(=C\c1ccc(OC)c(OC)c1OC)C2=O. The van der Waals surface area contributed by atoms with Crippen molar-refractivity contribution in [3.05, 3.63) is 47.2 Å². The number of esters is 1. The van der Waals surface area contributed by atoms with E-state index in [-0.39, 0.29) is 23.9 Å². The van der Waals surface area contributed by atoms with Crippen LogP contribution in [0.25, 0.3) is 6.08 Å². The lowest BCUT2D eigenvalue weighted by Gasteiger charge is -2.14. The molecule has 0 saturated carbocycles. The van der Waals surface area contributed by atoms with E-state index in [1.165, 1.54) is 27.4 Å². The highest BCUT2D eigenvalue weighted by molar-refractivity contribution is 6.14. The van der Waals surface area contributed by atoms with Crippen LogP contribution in [-0.4, -0.2) is 33.1 Å². The van der Waals surface area contributed by atoms with Gasteiger partial charge in [0, 0.05) is 18.1 Å². The Hall–Kier alpha value is -3.48. The zero-order chi connectivity index (χ0) is 20.3. The van der Waals surface area contributed by atoms with Crippen molar-refractivity contribution >= 4 is 17.8 Å². The van der Waals surface area contributed by atoms with Crippen molar-refractivity contribution in [2.24, 2.45) is 0 Å². The highest BCUT2D eigenvalue weighted by atomic mass is 16.5. The Morgan fingerprint density at radius 2 is 1.79 bits per heavy atom. The first-order chi connectivity index (χ1) is 13.5. The molecule has 28 heavy (non-hydrogen) atoms. The first-order valence-corrected chi connectivity index (χ1v) is 8.60. The van der Waals surface area contributed by atoms with Gasteiger partial charge in [-0.1, -0.05) is 6.92 Å². The molecule has 7 nitrogen and oxygen atoms in total. The maximum absolute atomic E-state index is 12.7. The summed E-state index contributed by atoms with van der Waals surface area (Å²) in [4.78, 5) is 24.1. The predicted molar refractivity (Wildman–Crippen MR) is 101 cm³/mol. The second-order valence-electron chi connectivity index (χ2n) is 5.85. The third kappa shape index (κ3) is 3.51. The van der Waals surface area contributed by atoms with Crippen molar-refractivity contribution in [1.82, 2.24) is 0 Å². The molecule has 1 aliphatic heterocycles. The molecule has 0 spiro atoms. The van der Waals surface area contributed by atoms with E-state index in [0.717, 1.165) is 0 Å². The summed E-state index contributed by atoms with van der Waals surface area (Å²) in [5.41, 5.74) is 0.982. The molecule has 1 heterocycles. The van der Waals surface area contributed by atoms with Crippen molar-refractivity contribution in [2.45, 2.75) is 13.3 Å². The minimum absolute atomic E-state index is 0.125. The number of hydrogen-bond acceptors (Lipinski definition) is 7. The fourth-order valence-corrected chi connectivity index (χ4v) is 2.81. The summed E-state index contributed by atoms with van der Waals surface area (Å²) in [6.07, 6.45) is 1.82. The number of fused-ring (bicyclic) bond motifs is 1. The van der Waals surface area contributed by atoms with Gasteiger partial charge in [-0.3, -0.25) is 9.59 Å². The molecule has 0 aromatic heterocycles. The van der Waals surface area contributed by atoms with Gasteiger partial charge in [0.2, 0.25) is 11.5 Å². The van der Waals surface area contributed by atoms with Gasteiger partial charge in [0.05, 0.1) is 26.9 Å². The minimum atomic E-state index is -0.366. The van der Waals surface area contributed by atoms with Gasteiger partial charge in [0.15, 0.2) is 17.3 Å². The van der Waals surface area contributed by atoms with E-state index < -0.39 is 0 Å². The first-order valence-electron chi connectivity index (χ1n) is 8.60. The molecule has 0 aliphatic carbocycles. The van der Waals surface area contributed by atoms with Crippen LogP contribution >= 0.6 is 0 Å². The van der Waals surface area contributed by atoms with Gasteiger partial charge in [0.25, 0.3) is 0 Å². The van der Waals surface area contributed by atoms with Crippen LogP contribution in [-0.2, 0) is 4.79 Å². The Bertz CT molecular complexity index is 959. The standard InChI is InChI=1S/C21H20O7/c1-5-18(22)27-13-7-8-14-16(11-13)28-17(19(14)23)10-12-6-9-15(24-2)21(26-4)20(12)25-3/h6-11H,5H2,1-4H3/b17-10-. The van der Waals surface area contributed by atoms with Crippen LogP contribution in [0.1, 0.15) is 29.3 Å². The van der Waals surface area contributed by atoms with Gasteiger partial charge >= 0.3 is 5.97 Å². The largest absolute Gasteiger partial charge is 0.493 e. The number of carbonyl (C=O) groups excluding carboxylic acids is 2. The second kappa shape index (κ2) is 8.04. The van der Waals surface area contributed by atoms with E-state index in [4.69, 9.17) is 23.7 Å². The first kappa shape index (κ1) is 19.3. The third-order valence-electron chi connectivity index (χ3n) is 4.18. The number of allylic oxidation sites excluding steroid dienone is 1. The lowest BCUT2D eigenvalue weighted by atomic mass is 10.1. The van der Waals surface area contributed by atoms with Crippen LogP contribution in [0.2, 0.25) is 0 Å². The Kier molecular flexibility index (Phi) is 5.54. The average Bonchev–Trinajstić information content (AvgIpc) is 3.02. The number of Topliss-reactive ketones (excluding diaryl/α,β-unsaturated/α-hetero) is 1. The van der Waals surface area contributed by atoms with Gasteiger partial charge in [-0.2, -0.15) is 0 Å². The number of hydrogen-bond donors (Lipinski definition) is 0. The number of methoxy groups -OCH3 is 3. The van der Waals surface area contributed by atoms with Gasteiger partial charge in [-0.05, 0) is 30.3 Å². The van der Waals surface area contributed by atoms with Crippen LogP contribution in [0.5, 0.6) is 28.7 Å². The molecule has 0 radical (unpaired) electrons. The van der Waals surface area contributed by atoms with E-state index in [9.17, 15) is 9.59 Å². The van der Waals surface area contributed by atoms with E-state index in [1.807, 2.05) is 0 Å². The minimum Gasteiger partial charge on any atom is -0.493 e. The lowest BCUT2D eigenvalue weighted by Crippen LogP contribution is -2.05. The molecule has 0 bridgehead atoms. The normalized spacial score (nSPS) is 13.7. The number of benzene rings is 2. The summed E-state index contributed by atoms with van der Waals surface area (Å²) in [7, 11) is 4.53. The molecule has 0 saturated heterocycles. The molecule has 0 atom stereocenters. The van der Waals surface area contributed by atoms with Crippen molar-refractivity contribution in [2.75, 3.05) is 21.3 Å². The summed E-state index contributed by atoms with van der Waals surface area (Å²) >= 11 is 0. The Labute approximate surface area is 162 Å². The highest BCUT2D eigenvalue weighted by Gasteiger charge is 2.29. The molecule has 3 rings (SSSR count). The number of ketones is 1. The molecule has 0 fully saturated rings. The van der Waals surface area contributed by atoms with Crippen LogP contribution in [0.15, 0.2) is 36.1 Å². The summed E-state index contributed by atoms with van der Waals surface area (Å²) in [5, 5.41) is 0.